The first-order valence-corrected chi connectivity index (χ1v) is 9.12. The number of likely N-dealkylation sites (tertiary alicyclic amines) is 1. The number of hydrogen-bond donors (Lipinski definition) is 0. The smallest absolute Gasteiger partial charge is 0.310 e. The summed E-state index contributed by atoms with van der Waals surface area (Å²) in [5.41, 5.74) is 3.11. The first-order valence-electron chi connectivity index (χ1n) is 8.74. The second-order valence-electron chi connectivity index (χ2n) is 6.51. The Kier molecular flexibility index (Phi) is 5.76. The van der Waals surface area contributed by atoms with Crippen molar-refractivity contribution in [1.82, 2.24) is 14.7 Å². The van der Waals surface area contributed by atoms with Crippen molar-refractivity contribution in [2.24, 2.45) is 13.0 Å². The fraction of sp³-hybridized carbons (Fsp3) is 0.474. The lowest BCUT2D eigenvalue weighted by molar-refractivity contribution is -0.150. The van der Waals surface area contributed by atoms with Gasteiger partial charge in [-0.15, -0.1) is 0 Å². The highest BCUT2D eigenvalue weighted by Crippen LogP contribution is 2.27. The van der Waals surface area contributed by atoms with E-state index in [9.17, 15) is 4.79 Å². The van der Waals surface area contributed by atoms with E-state index < -0.39 is 0 Å². The van der Waals surface area contributed by atoms with Crippen molar-refractivity contribution in [2.45, 2.75) is 26.3 Å². The number of ether oxygens (including phenoxy) is 1. The lowest BCUT2D eigenvalue weighted by Gasteiger charge is -2.31. The van der Waals surface area contributed by atoms with E-state index in [2.05, 4.69) is 10.00 Å². The van der Waals surface area contributed by atoms with Gasteiger partial charge in [-0.25, -0.2) is 0 Å². The van der Waals surface area contributed by atoms with Gasteiger partial charge in [-0.1, -0.05) is 23.7 Å². The molecule has 6 heteroatoms. The largest absolute Gasteiger partial charge is 0.466 e. The minimum atomic E-state index is -0.0755. The quantitative estimate of drug-likeness (QED) is 0.764. The summed E-state index contributed by atoms with van der Waals surface area (Å²) in [5.74, 6) is -0.103. The predicted molar refractivity (Wildman–Crippen MR) is 98.3 cm³/mol. The Balaban J connectivity index is 1.76. The van der Waals surface area contributed by atoms with Gasteiger partial charge in [-0.3, -0.25) is 14.4 Å². The van der Waals surface area contributed by atoms with Crippen LogP contribution in [0.15, 0.2) is 30.5 Å². The molecule has 1 aromatic carbocycles. The van der Waals surface area contributed by atoms with Crippen LogP contribution in [0, 0.1) is 5.92 Å². The number of hydrogen-bond acceptors (Lipinski definition) is 4. The molecule has 1 fully saturated rings. The van der Waals surface area contributed by atoms with Crippen LogP contribution in [-0.4, -0.2) is 40.3 Å². The van der Waals surface area contributed by atoms with Crippen LogP contribution in [0.2, 0.25) is 5.02 Å². The van der Waals surface area contributed by atoms with E-state index in [1.165, 1.54) is 0 Å². The molecule has 0 amide bonds. The minimum absolute atomic E-state index is 0.0278. The Labute approximate surface area is 153 Å². The Morgan fingerprint density at radius 3 is 3.04 bits per heavy atom. The van der Waals surface area contributed by atoms with Crippen LogP contribution in [0.25, 0.3) is 11.3 Å². The summed E-state index contributed by atoms with van der Waals surface area (Å²) in [5, 5.41) is 5.31. The van der Waals surface area contributed by atoms with Crippen molar-refractivity contribution in [3.63, 3.8) is 0 Å². The molecule has 0 aliphatic carbocycles. The van der Waals surface area contributed by atoms with E-state index in [0.717, 1.165) is 49.3 Å². The molecule has 0 N–H and O–H groups in total. The molecule has 5 nitrogen and oxygen atoms in total. The van der Waals surface area contributed by atoms with Crippen molar-refractivity contribution < 1.29 is 9.53 Å². The van der Waals surface area contributed by atoms with Crippen LogP contribution >= 0.6 is 11.6 Å². The van der Waals surface area contributed by atoms with E-state index in [1.54, 1.807) is 0 Å². The normalized spacial score (nSPS) is 18.3. The number of carbonyl (C=O) groups is 1. The first kappa shape index (κ1) is 18.0. The number of nitrogens with zero attached hydrogens (tertiary/aromatic N) is 3. The average molecular weight is 362 g/mol. The fourth-order valence-electron chi connectivity index (χ4n) is 3.42. The molecule has 0 spiro atoms. The summed E-state index contributed by atoms with van der Waals surface area (Å²) in [4.78, 5) is 14.4. The molecule has 1 atom stereocenters. The summed E-state index contributed by atoms with van der Waals surface area (Å²) < 4.78 is 7.03. The van der Waals surface area contributed by atoms with Gasteiger partial charge in [0.25, 0.3) is 0 Å². The average Bonchev–Trinajstić information content (AvgIpc) is 2.96. The number of piperidine rings is 1. The van der Waals surface area contributed by atoms with Crippen molar-refractivity contribution in [3.05, 3.63) is 41.0 Å². The van der Waals surface area contributed by atoms with Crippen LogP contribution in [0.5, 0.6) is 0 Å². The highest BCUT2D eigenvalue weighted by atomic mass is 35.5. The lowest BCUT2D eigenvalue weighted by atomic mass is 9.97. The van der Waals surface area contributed by atoms with E-state index in [0.29, 0.717) is 11.6 Å². The molecule has 1 aliphatic rings. The van der Waals surface area contributed by atoms with E-state index in [4.69, 9.17) is 16.3 Å². The zero-order valence-electron chi connectivity index (χ0n) is 14.7. The Morgan fingerprint density at radius 2 is 2.28 bits per heavy atom. The van der Waals surface area contributed by atoms with Gasteiger partial charge < -0.3 is 4.74 Å². The third-order valence-corrected chi connectivity index (χ3v) is 4.76. The Morgan fingerprint density at radius 1 is 1.44 bits per heavy atom. The number of rotatable bonds is 5. The highest BCUT2D eigenvalue weighted by molar-refractivity contribution is 6.30. The monoisotopic (exact) mass is 361 g/mol. The minimum Gasteiger partial charge on any atom is -0.466 e. The Bertz CT molecular complexity index is 744. The molecule has 1 aliphatic heterocycles. The summed E-state index contributed by atoms with van der Waals surface area (Å²) >= 11 is 6.13. The van der Waals surface area contributed by atoms with Crippen molar-refractivity contribution >= 4 is 17.6 Å². The third kappa shape index (κ3) is 4.41. The van der Waals surface area contributed by atoms with Gasteiger partial charge in [0.15, 0.2) is 0 Å². The molecule has 2 heterocycles. The number of aryl methyl sites for hydroxylation is 1. The molecule has 2 aromatic rings. The molecule has 134 valence electrons. The summed E-state index contributed by atoms with van der Waals surface area (Å²) in [6, 6.07) is 7.76. The zero-order chi connectivity index (χ0) is 17.8. The third-order valence-electron chi connectivity index (χ3n) is 4.52. The first-order chi connectivity index (χ1) is 12.1. The van der Waals surface area contributed by atoms with Crippen molar-refractivity contribution in [1.29, 1.82) is 0 Å². The topological polar surface area (TPSA) is 47.4 Å². The number of aromatic nitrogens is 2. The van der Waals surface area contributed by atoms with Gasteiger partial charge in [0.1, 0.15) is 0 Å². The van der Waals surface area contributed by atoms with Crippen LogP contribution in [-0.2, 0) is 23.1 Å². The van der Waals surface area contributed by atoms with E-state index >= 15 is 0 Å². The van der Waals surface area contributed by atoms with E-state index in [1.807, 2.05) is 49.1 Å². The van der Waals surface area contributed by atoms with Crippen LogP contribution in [0.1, 0.15) is 25.3 Å². The highest BCUT2D eigenvalue weighted by Gasteiger charge is 2.27. The zero-order valence-corrected chi connectivity index (χ0v) is 15.5. The molecular formula is C19H24ClN3O2. The number of esters is 1. The van der Waals surface area contributed by atoms with Gasteiger partial charge in [0, 0.05) is 42.5 Å². The second-order valence-corrected chi connectivity index (χ2v) is 6.95. The molecule has 0 radical (unpaired) electrons. The number of halogens is 1. The van der Waals surface area contributed by atoms with Crippen LogP contribution in [0.4, 0.5) is 0 Å². The van der Waals surface area contributed by atoms with Gasteiger partial charge in [-0.2, -0.15) is 5.10 Å². The van der Waals surface area contributed by atoms with Gasteiger partial charge in [0.2, 0.25) is 0 Å². The molecular weight excluding hydrogens is 338 g/mol. The van der Waals surface area contributed by atoms with Gasteiger partial charge >= 0.3 is 5.97 Å². The summed E-state index contributed by atoms with van der Waals surface area (Å²) in [6.45, 7) is 4.79. The van der Waals surface area contributed by atoms with Gasteiger partial charge in [-0.05, 0) is 38.4 Å². The molecule has 0 bridgehead atoms. The SMILES string of the molecule is CCOC(=O)[C@@H]1CCCN(Cc2cn(C)nc2-c2cccc(Cl)c2)C1. The van der Waals surface area contributed by atoms with Crippen LogP contribution < -0.4 is 0 Å². The second kappa shape index (κ2) is 8.02. The maximum atomic E-state index is 12.0. The number of benzene rings is 1. The fourth-order valence-corrected chi connectivity index (χ4v) is 3.61. The molecule has 0 saturated carbocycles. The molecule has 25 heavy (non-hydrogen) atoms. The maximum absolute atomic E-state index is 12.0. The summed E-state index contributed by atoms with van der Waals surface area (Å²) in [7, 11) is 1.93. The van der Waals surface area contributed by atoms with Crippen molar-refractivity contribution in [2.75, 3.05) is 19.7 Å². The molecule has 1 aromatic heterocycles. The maximum Gasteiger partial charge on any atom is 0.310 e. The van der Waals surface area contributed by atoms with Crippen LogP contribution in [0.3, 0.4) is 0 Å². The van der Waals surface area contributed by atoms with Crippen molar-refractivity contribution in [3.8, 4) is 11.3 Å². The number of carbonyl (C=O) groups excluding carboxylic acids is 1. The molecule has 1 saturated heterocycles. The molecule has 0 unspecified atom stereocenters. The van der Waals surface area contributed by atoms with E-state index in [-0.39, 0.29) is 11.9 Å². The predicted octanol–water partition coefficient (Wildman–Crippen LogP) is 3.52. The Hall–Kier alpha value is -1.85. The lowest BCUT2D eigenvalue weighted by Crippen LogP contribution is -2.38. The summed E-state index contributed by atoms with van der Waals surface area (Å²) in [6.07, 6.45) is 3.96. The standard InChI is InChI=1S/C19H24ClN3O2/c1-3-25-19(24)15-7-5-9-23(12-15)13-16-11-22(2)21-18(16)14-6-4-8-17(20)10-14/h4,6,8,10-11,15H,3,5,7,9,12-13H2,1-2H3/t15-/m1/s1. The van der Waals surface area contributed by atoms with Gasteiger partial charge in [0.05, 0.1) is 18.2 Å². The molecule has 3 rings (SSSR count).